The number of nitrogens with zero attached hydrogens (tertiary/aromatic N) is 3. The van der Waals surface area contributed by atoms with Gasteiger partial charge in [0.05, 0.1) is 21.1 Å². The minimum atomic E-state index is -4.07. The van der Waals surface area contributed by atoms with E-state index in [0.29, 0.717) is 11.5 Å². The maximum atomic E-state index is 12.8. The molecule has 1 N–H and O–H groups in total. The quantitative estimate of drug-likeness (QED) is 0.537. The number of hydrogen-bond donors (Lipinski definition) is 1. The highest BCUT2D eigenvalue weighted by Crippen LogP contribution is 2.31. The summed E-state index contributed by atoms with van der Waals surface area (Å²) >= 11 is 0. The van der Waals surface area contributed by atoms with E-state index in [9.17, 15) is 18.5 Å². The Kier molecular flexibility index (Phi) is 4.43. The Balaban J connectivity index is 2.05. The Labute approximate surface area is 148 Å². The van der Waals surface area contributed by atoms with Crippen LogP contribution in [0.25, 0.3) is 11.5 Å². The average molecular weight is 374 g/mol. The van der Waals surface area contributed by atoms with Gasteiger partial charge in [0.25, 0.3) is 15.7 Å². The molecular weight excluding hydrogens is 360 g/mol. The maximum Gasteiger partial charge on any atom is 0.273 e. The first kappa shape index (κ1) is 17.5. The molecule has 0 radical (unpaired) electrons. The Hall–Kier alpha value is -3.27. The zero-order chi connectivity index (χ0) is 18.9. The van der Waals surface area contributed by atoms with Crippen LogP contribution in [0, 0.1) is 24.0 Å². The predicted molar refractivity (Wildman–Crippen MR) is 93.1 cm³/mol. The summed E-state index contributed by atoms with van der Waals surface area (Å²) in [6.45, 7) is 3.01. The molecule has 0 saturated heterocycles. The monoisotopic (exact) mass is 374 g/mol. The van der Waals surface area contributed by atoms with Gasteiger partial charge in [0, 0.05) is 18.6 Å². The molecule has 2 aromatic carbocycles. The summed E-state index contributed by atoms with van der Waals surface area (Å²) in [5.41, 5.74) is 0.409. The number of nitrogens with one attached hydrogen (secondary N) is 1. The lowest BCUT2D eigenvalue weighted by molar-refractivity contribution is -0.385. The van der Waals surface area contributed by atoms with Crippen LogP contribution in [-0.2, 0) is 10.0 Å². The number of aromatic nitrogens is 2. The lowest BCUT2D eigenvalue weighted by Gasteiger charge is -2.12. The molecule has 0 saturated carbocycles. The molecular formula is C16H14N4O5S. The van der Waals surface area contributed by atoms with E-state index in [4.69, 9.17) is 4.42 Å². The predicted octanol–water partition coefficient (Wildman–Crippen LogP) is 3.06. The molecule has 9 nitrogen and oxygen atoms in total. The third-order valence-electron chi connectivity index (χ3n) is 3.67. The highest BCUT2D eigenvalue weighted by Gasteiger charge is 2.24. The number of nitro groups is 1. The highest BCUT2D eigenvalue weighted by molar-refractivity contribution is 7.92. The first-order chi connectivity index (χ1) is 12.3. The van der Waals surface area contributed by atoms with Crippen molar-refractivity contribution in [3.63, 3.8) is 0 Å². The Morgan fingerprint density at radius 2 is 1.81 bits per heavy atom. The molecule has 0 amide bonds. The molecule has 1 heterocycles. The van der Waals surface area contributed by atoms with Crippen molar-refractivity contribution in [2.45, 2.75) is 18.7 Å². The molecule has 0 spiro atoms. The summed E-state index contributed by atoms with van der Waals surface area (Å²) in [7, 11) is -4.07. The van der Waals surface area contributed by atoms with E-state index in [2.05, 4.69) is 14.9 Å². The second-order valence-electron chi connectivity index (χ2n) is 5.43. The third-order valence-corrected chi connectivity index (χ3v) is 5.18. The van der Waals surface area contributed by atoms with Crippen LogP contribution in [0.2, 0.25) is 0 Å². The molecule has 0 aliphatic carbocycles. The van der Waals surface area contributed by atoms with Crippen LogP contribution in [0.4, 0.5) is 11.4 Å². The maximum absolute atomic E-state index is 12.8. The van der Waals surface area contributed by atoms with E-state index in [1.54, 1.807) is 31.2 Å². The molecule has 3 rings (SSSR count). The van der Waals surface area contributed by atoms with E-state index >= 15 is 0 Å². The number of nitro benzene ring substituents is 1. The molecule has 26 heavy (non-hydrogen) atoms. The lowest BCUT2D eigenvalue weighted by Crippen LogP contribution is -2.15. The smallest absolute Gasteiger partial charge is 0.273 e. The lowest BCUT2D eigenvalue weighted by atomic mass is 10.2. The van der Waals surface area contributed by atoms with Crippen molar-refractivity contribution in [3.05, 3.63) is 64.0 Å². The van der Waals surface area contributed by atoms with E-state index in [1.165, 1.54) is 25.1 Å². The van der Waals surface area contributed by atoms with Crippen LogP contribution in [-0.4, -0.2) is 23.5 Å². The highest BCUT2D eigenvalue weighted by atomic mass is 32.2. The second-order valence-corrected chi connectivity index (χ2v) is 7.09. The summed E-state index contributed by atoms with van der Waals surface area (Å²) in [4.78, 5) is 10.3. The number of para-hydroxylation sites is 1. The fourth-order valence-electron chi connectivity index (χ4n) is 2.46. The van der Waals surface area contributed by atoms with Gasteiger partial charge in [0.1, 0.15) is 0 Å². The van der Waals surface area contributed by atoms with Gasteiger partial charge in [-0.3, -0.25) is 14.8 Å². The molecule has 1 aromatic heterocycles. The van der Waals surface area contributed by atoms with E-state index in [-0.39, 0.29) is 27.7 Å². The number of rotatable bonds is 5. The Morgan fingerprint density at radius 3 is 2.46 bits per heavy atom. The van der Waals surface area contributed by atoms with E-state index in [1.807, 2.05) is 0 Å². The van der Waals surface area contributed by atoms with Gasteiger partial charge in [-0.2, -0.15) is 0 Å². The first-order valence-corrected chi connectivity index (χ1v) is 8.94. The van der Waals surface area contributed by atoms with E-state index < -0.39 is 14.9 Å². The zero-order valence-corrected chi connectivity index (χ0v) is 14.6. The van der Waals surface area contributed by atoms with Crippen molar-refractivity contribution in [1.82, 2.24) is 10.2 Å². The van der Waals surface area contributed by atoms with Crippen LogP contribution in [0.15, 0.2) is 51.8 Å². The van der Waals surface area contributed by atoms with Gasteiger partial charge in [-0.1, -0.05) is 18.2 Å². The fraction of sp³-hybridized carbons (Fsp3) is 0.125. The minimum absolute atomic E-state index is 0.0520. The van der Waals surface area contributed by atoms with E-state index in [0.717, 1.165) is 0 Å². The largest absolute Gasteiger partial charge is 0.421 e. The molecule has 10 heteroatoms. The summed E-state index contributed by atoms with van der Waals surface area (Å²) < 4.78 is 33.4. The molecule has 0 fully saturated rings. The summed E-state index contributed by atoms with van der Waals surface area (Å²) in [5, 5.41) is 18.7. The van der Waals surface area contributed by atoms with Gasteiger partial charge in [-0.15, -0.1) is 10.2 Å². The van der Waals surface area contributed by atoms with Gasteiger partial charge >= 0.3 is 0 Å². The van der Waals surface area contributed by atoms with Gasteiger partial charge < -0.3 is 4.42 Å². The molecule has 0 aliphatic heterocycles. The van der Waals surface area contributed by atoms with Crippen molar-refractivity contribution >= 4 is 21.4 Å². The van der Waals surface area contributed by atoms with Gasteiger partial charge in [0.2, 0.25) is 11.8 Å². The molecule has 0 aliphatic rings. The van der Waals surface area contributed by atoms with Crippen molar-refractivity contribution < 1.29 is 17.8 Å². The normalized spacial score (nSPS) is 11.3. The van der Waals surface area contributed by atoms with Crippen LogP contribution in [0.3, 0.4) is 0 Å². The second kappa shape index (κ2) is 6.56. The van der Waals surface area contributed by atoms with Crippen molar-refractivity contribution in [3.8, 4) is 11.5 Å². The van der Waals surface area contributed by atoms with Gasteiger partial charge in [-0.05, 0) is 25.1 Å². The molecule has 0 unspecified atom stereocenters. The number of hydrogen-bond acceptors (Lipinski definition) is 7. The topological polar surface area (TPSA) is 128 Å². The molecule has 0 atom stereocenters. The average Bonchev–Trinajstić information content (AvgIpc) is 3.01. The Bertz CT molecular complexity index is 1090. The Morgan fingerprint density at radius 1 is 1.08 bits per heavy atom. The van der Waals surface area contributed by atoms with Crippen LogP contribution in [0.1, 0.15) is 11.5 Å². The minimum Gasteiger partial charge on any atom is -0.421 e. The zero-order valence-electron chi connectivity index (χ0n) is 13.8. The number of anilines is 1. The molecule has 3 aromatic rings. The third kappa shape index (κ3) is 3.26. The van der Waals surface area contributed by atoms with Crippen molar-refractivity contribution in [2.24, 2.45) is 0 Å². The number of aryl methyl sites for hydroxylation is 1. The van der Waals surface area contributed by atoms with Crippen LogP contribution >= 0.6 is 0 Å². The first-order valence-electron chi connectivity index (χ1n) is 7.46. The van der Waals surface area contributed by atoms with Crippen molar-refractivity contribution in [1.29, 1.82) is 0 Å². The van der Waals surface area contributed by atoms with Crippen LogP contribution in [0.5, 0.6) is 0 Å². The van der Waals surface area contributed by atoms with Gasteiger partial charge in [-0.25, -0.2) is 8.42 Å². The SMILES string of the molecule is Cc1nnc(-c2ccccc2NS(=O)(=O)c2cccc([N+](=O)[O-])c2C)o1. The standard InChI is InChI=1S/C16H14N4O5S/c1-10-14(20(21)22)8-5-9-15(10)26(23,24)19-13-7-4-3-6-12(13)16-18-17-11(2)25-16/h3-9,19H,1-2H3. The van der Waals surface area contributed by atoms with Gasteiger partial charge in [0.15, 0.2) is 0 Å². The fourth-order valence-corrected chi connectivity index (χ4v) is 3.80. The summed E-state index contributed by atoms with van der Waals surface area (Å²) in [6.07, 6.45) is 0. The number of sulfonamides is 1. The van der Waals surface area contributed by atoms with Crippen LogP contribution < -0.4 is 4.72 Å². The van der Waals surface area contributed by atoms with Crippen molar-refractivity contribution in [2.75, 3.05) is 4.72 Å². The summed E-state index contributed by atoms with van der Waals surface area (Å²) in [5.74, 6) is 0.503. The summed E-state index contributed by atoms with van der Waals surface area (Å²) in [6, 6.07) is 10.4. The molecule has 134 valence electrons. The molecule has 0 bridgehead atoms. The number of benzene rings is 2.